The van der Waals surface area contributed by atoms with Crippen LogP contribution in [0.5, 0.6) is 0 Å². The monoisotopic (exact) mass is 513 g/mol. The first-order valence-electron chi connectivity index (χ1n) is 11.4. The number of amides is 3. The van der Waals surface area contributed by atoms with Gasteiger partial charge in [-0.2, -0.15) is 0 Å². The fraction of sp³-hybridized carbons (Fsp3) is 0.143. The quantitative estimate of drug-likeness (QED) is 0.382. The summed E-state index contributed by atoms with van der Waals surface area (Å²) in [5, 5.41) is 2.88. The van der Waals surface area contributed by atoms with E-state index >= 15 is 0 Å². The molecule has 1 saturated heterocycles. The molecule has 0 aliphatic carbocycles. The van der Waals surface area contributed by atoms with Crippen LogP contribution in [0.1, 0.15) is 22.3 Å². The smallest absolute Gasteiger partial charge is 0.267 e. The number of carbonyl (C=O) groups is 3. The van der Waals surface area contributed by atoms with Crippen LogP contribution in [0.3, 0.4) is 0 Å². The lowest BCUT2D eigenvalue weighted by Gasteiger charge is -2.17. The molecular weight excluding hydrogens is 490 g/mol. The van der Waals surface area contributed by atoms with Gasteiger partial charge in [-0.25, -0.2) is 0 Å². The predicted octanol–water partition coefficient (Wildman–Crippen LogP) is 5.06. The van der Waals surface area contributed by atoms with Crippen molar-refractivity contribution >= 4 is 63.0 Å². The van der Waals surface area contributed by atoms with Crippen molar-refractivity contribution in [2.45, 2.75) is 20.4 Å². The average molecular weight is 514 g/mol. The first-order valence-corrected chi connectivity index (χ1v) is 12.7. The van der Waals surface area contributed by atoms with Gasteiger partial charge in [-0.15, -0.1) is 0 Å². The Hall–Kier alpha value is -3.75. The maximum atomic E-state index is 13.6. The van der Waals surface area contributed by atoms with Crippen LogP contribution in [0, 0.1) is 13.8 Å². The maximum Gasteiger partial charge on any atom is 0.267 e. The van der Waals surface area contributed by atoms with Crippen molar-refractivity contribution in [3.8, 4) is 0 Å². The van der Waals surface area contributed by atoms with Crippen molar-refractivity contribution in [2.75, 3.05) is 16.8 Å². The van der Waals surface area contributed by atoms with Crippen molar-refractivity contribution in [1.29, 1.82) is 0 Å². The Kier molecular flexibility index (Phi) is 6.47. The van der Waals surface area contributed by atoms with Gasteiger partial charge in [0.05, 0.1) is 22.7 Å². The summed E-state index contributed by atoms with van der Waals surface area (Å²) in [5.74, 6) is -0.998. The molecule has 6 nitrogen and oxygen atoms in total. The van der Waals surface area contributed by atoms with Gasteiger partial charge in [0.25, 0.3) is 11.8 Å². The highest BCUT2D eigenvalue weighted by Crippen LogP contribution is 2.44. The molecule has 180 valence electrons. The van der Waals surface area contributed by atoms with Crippen LogP contribution in [0.2, 0.25) is 0 Å². The molecule has 3 aromatic rings. The molecule has 0 unspecified atom stereocenters. The Morgan fingerprint density at radius 1 is 0.889 bits per heavy atom. The number of fused-ring (bicyclic) bond motifs is 1. The van der Waals surface area contributed by atoms with E-state index in [0.717, 1.165) is 28.5 Å². The second-order valence-corrected chi connectivity index (χ2v) is 10.4. The minimum Gasteiger partial charge on any atom is -0.324 e. The van der Waals surface area contributed by atoms with E-state index in [2.05, 4.69) is 5.32 Å². The number of benzene rings is 3. The highest BCUT2D eigenvalue weighted by molar-refractivity contribution is 8.26. The Morgan fingerprint density at radius 2 is 1.58 bits per heavy atom. The number of rotatable bonds is 5. The third kappa shape index (κ3) is 4.45. The van der Waals surface area contributed by atoms with Gasteiger partial charge in [-0.05, 0) is 37.1 Å². The highest BCUT2D eigenvalue weighted by atomic mass is 32.2. The molecule has 1 fully saturated rings. The molecule has 2 heterocycles. The van der Waals surface area contributed by atoms with Crippen molar-refractivity contribution < 1.29 is 14.4 Å². The number of anilines is 2. The number of aryl methyl sites for hydroxylation is 2. The first-order chi connectivity index (χ1) is 17.3. The van der Waals surface area contributed by atoms with Crippen LogP contribution < -0.4 is 10.2 Å². The Labute approximate surface area is 219 Å². The zero-order chi connectivity index (χ0) is 25.4. The summed E-state index contributed by atoms with van der Waals surface area (Å²) >= 11 is 6.66. The van der Waals surface area contributed by atoms with Gasteiger partial charge in [0, 0.05) is 11.3 Å². The van der Waals surface area contributed by atoms with Gasteiger partial charge in [0.2, 0.25) is 5.91 Å². The summed E-state index contributed by atoms with van der Waals surface area (Å²) in [5.41, 5.74) is 5.22. The molecule has 5 rings (SSSR count). The normalized spacial score (nSPS) is 17.1. The fourth-order valence-corrected chi connectivity index (χ4v) is 5.59. The number of carbonyl (C=O) groups excluding carboxylic acids is 3. The predicted molar refractivity (Wildman–Crippen MR) is 147 cm³/mol. The Balaban J connectivity index is 1.43. The topological polar surface area (TPSA) is 69.7 Å². The third-order valence-corrected chi connectivity index (χ3v) is 7.63. The average Bonchev–Trinajstić information content (AvgIpc) is 3.29. The zero-order valence-corrected chi connectivity index (χ0v) is 21.4. The Morgan fingerprint density at radius 3 is 2.33 bits per heavy atom. The lowest BCUT2D eigenvalue weighted by molar-refractivity contribution is -0.122. The molecule has 1 N–H and O–H groups in total. The lowest BCUT2D eigenvalue weighted by atomic mass is 10.1. The summed E-state index contributed by atoms with van der Waals surface area (Å²) < 4.78 is 0.407. The van der Waals surface area contributed by atoms with Crippen LogP contribution in [0.15, 0.2) is 77.7 Å². The van der Waals surface area contributed by atoms with Gasteiger partial charge in [0.1, 0.15) is 10.9 Å². The van der Waals surface area contributed by atoms with Crippen LogP contribution in [0.4, 0.5) is 11.4 Å². The number of nitrogens with one attached hydrogen (secondary N) is 1. The summed E-state index contributed by atoms with van der Waals surface area (Å²) in [6, 6.07) is 22.6. The molecule has 3 amide bonds. The molecule has 0 radical (unpaired) electrons. The van der Waals surface area contributed by atoms with Crippen molar-refractivity contribution in [1.82, 2.24) is 4.90 Å². The fourth-order valence-electron chi connectivity index (χ4n) is 4.26. The van der Waals surface area contributed by atoms with Gasteiger partial charge < -0.3 is 5.32 Å². The number of para-hydroxylation sites is 2. The van der Waals surface area contributed by atoms with Gasteiger partial charge in [-0.1, -0.05) is 90.2 Å². The standard InChI is InChI=1S/C28H23N3O3S2/c1-17-11-13-19(14-12-17)15-31-27(34)25(36-28(31)35)24-20-8-4-6-10-22(20)30(26(24)33)16-23(32)29-21-9-5-3-7-18(21)2/h3-14H,15-16H2,1-2H3,(H,29,32). The zero-order valence-electron chi connectivity index (χ0n) is 19.8. The Bertz CT molecular complexity index is 1450. The van der Waals surface area contributed by atoms with E-state index in [1.165, 1.54) is 9.80 Å². The van der Waals surface area contributed by atoms with E-state index in [0.29, 0.717) is 32.7 Å². The van der Waals surface area contributed by atoms with Gasteiger partial charge in [-0.3, -0.25) is 24.2 Å². The summed E-state index contributed by atoms with van der Waals surface area (Å²) in [7, 11) is 0. The molecule has 3 aromatic carbocycles. The van der Waals surface area contributed by atoms with Crippen molar-refractivity contribution in [3.63, 3.8) is 0 Å². The molecule has 0 spiro atoms. The number of hydrogen-bond acceptors (Lipinski definition) is 5. The number of thioether (sulfide) groups is 1. The third-order valence-electron chi connectivity index (χ3n) is 6.18. The van der Waals surface area contributed by atoms with E-state index < -0.39 is 0 Å². The molecule has 0 aromatic heterocycles. The van der Waals surface area contributed by atoms with E-state index in [4.69, 9.17) is 12.2 Å². The van der Waals surface area contributed by atoms with E-state index in [1.54, 1.807) is 12.1 Å². The first kappa shape index (κ1) is 24.0. The second kappa shape index (κ2) is 9.72. The lowest BCUT2D eigenvalue weighted by Crippen LogP contribution is -2.35. The largest absolute Gasteiger partial charge is 0.324 e. The molecule has 8 heteroatoms. The van der Waals surface area contributed by atoms with Crippen LogP contribution in [-0.2, 0) is 20.9 Å². The number of hydrogen-bond donors (Lipinski definition) is 1. The minimum atomic E-state index is -0.382. The highest BCUT2D eigenvalue weighted by Gasteiger charge is 2.42. The summed E-state index contributed by atoms with van der Waals surface area (Å²) in [6.07, 6.45) is 0. The van der Waals surface area contributed by atoms with Gasteiger partial charge >= 0.3 is 0 Å². The van der Waals surface area contributed by atoms with Crippen LogP contribution in [0.25, 0.3) is 5.57 Å². The van der Waals surface area contributed by atoms with Crippen LogP contribution in [-0.4, -0.2) is 33.5 Å². The molecule has 36 heavy (non-hydrogen) atoms. The van der Waals surface area contributed by atoms with Crippen molar-refractivity contribution in [3.05, 3.63) is 100.0 Å². The molecule has 2 aliphatic rings. The number of nitrogens with zero attached hydrogens (tertiary/aromatic N) is 2. The molecule has 0 atom stereocenters. The molecule has 0 saturated carbocycles. The van der Waals surface area contributed by atoms with Crippen LogP contribution >= 0.6 is 24.0 Å². The SMILES string of the molecule is Cc1ccc(CN2C(=O)C(=C3C(=O)N(CC(=O)Nc4ccccc4C)c4ccccc43)SC2=S)cc1. The summed E-state index contributed by atoms with van der Waals surface area (Å²) in [6.45, 7) is 4.07. The summed E-state index contributed by atoms with van der Waals surface area (Å²) in [4.78, 5) is 43.2. The number of thiocarbonyl (C=S) groups is 1. The van der Waals surface area contributed by atoms with E-state index in [-0.39, 0.29) is 29.8 Å². The minimum absolute atomic E-state index is 0.169. The molecule has 2 aliphatic heterocycles. The maximum absolute atomic E-state index is 13.6. The molecular formula is C28H23N3O3S2. The van der Waals surface area contributed by atoms with Crippen molar-refractivity contribution in [2.24, 2.45) is 0 Å². The van der Waals surface area contributed by atoms with E-state index in [9.17, 15) is 14.4 Å². The van der Waals surface area contributed by atoms with Gasteiger partial charge in [0.15, 0.2) is 0 Å². The van der Waals surface area contributed by atoms with E-state index in [1.807, 2.05) is 74.5 Å². The molecule has 0 bridgehead atoms. The second-order valence-electron chi connectivity index (χ2n) is 8.72.